The van der Waals surface area contributed by atoms with Gasteiger partial charge >= 0.3 is 71.3 Å². The van der Waals surface area contributed by atoms with Crippen LogP contribution in [0.5, 0.6) is 0 Å². The van der Waals surface area contributed by atoms with Crippen molar-refractivity contribution in [2.45, 2.75) is 12.8 Å². The van der Waals surface area contributed by atoms with E-state index in [4.69, 9.17) is 9.47 Å². The van der Waals surface area contributed by atoms with E-state index in [0.29, 0.717) is 0 Å². The van der Waals surface area contributed by atoms with Crippen LogP contribution < -0.4 is 0 Å². The van der Waals surface area contributed by atoms with Crippen LogP contribution in [0.1, 0.15) is 12.8 Å². The Morgan fingerprint density at radius 1 is 1.80 bits per heavy atom. The van der Waals surface area contributed by atoms with Gasteiger partial charge in [0.1, 0.15) is 0 Å². The molecule has 0 bridgehead atoms. The van der Waals surface area contributed by atoms with Crippen molar-refractivity contribution in [2.24, 2.45) is 0 Å². The van der Waals surface area contributed by atoms with E-state index >= 15 is 0 Å². The first-order valence-electron chi connectivity index (χ1n) is 3.26. The Bertz CT molecular complexity index is 163. The maximum atomic E-state index is 5.35. The first-order valence-corrected chi connectivity index (χ1v) is 4.72. The van der Waals surface area contributed by atoms with Crippen molar-refractivity contribution in [3.8, 4) is 0 Å². The van der Waals surface area contributed by atoms with E-state index in [2.05, 4.69) is 6.08 Å². The summed E-state index contributed by atoms with van der Waals surface area (Å²) in [5.41, 5.74) is 0. The molecule has 0 saturated heterocycles. The van der Waals surface area contributed by atoms with Crippen molar-refractivity contribution in [3.05, 3.63) is 11.8 Å². The van der Waals surface area contributed by atoms with Crippen molar-refractivity contribution in [1.82, 2.24) is 0 Å². The van der Waals surface area contributed by atoms with Crippen LogP contribution in [-0.2, 0) is 28.8 Å². The molecule has 0 saturated carbocycles. The first-order chi connectivity index (χ1) is 4.84. The van der Waals surface area contributed by atoms with Gasteiger partial charge in [-0.3, -0.25) is 0 Å². The molecule has 0 unspecified atom stereocenters. The van der Waals surface area contributed by atoms with Crippen LogP contribution in [-0.4, -0.2) is 17.8 Å². The fourth-order valence-electron chi connectivity index (χ4n) is 0.800. The van der Waals surface area contributed by atoms with Gasteiger partial charge in [0.25, 0.3) is 0 Å². The Morgan fingerprint density at radius 3 is 3.10 bits per heavy atom. The van der Waals surface area contributed by atoms with Gasteiger partial charge in [0.05, 0.1) is 0 Å². The minimum atomic E-state index is 0.839. The zero-order valence-electron chi connectivity index (χ0n) is 5.92. The number of hydrogen-bond donors (Lipinski definition) is 0. The molecular formula is C7H10O2W. The van der Waals surface area contributed by atoms with Crippen molar-refractivity contribution >= 4 is 4.08 Å². The van der Waals surface area contributed by atoms with Crippen LogP contribution in [0.2, 0.25) is 0 Å². The number of allylic oxidation sites excluding steroid dienone is 1. The van der Waals surface area contributed by atoms with Gasteiger partial charge < -0.3 is 0 Å². The van der Waals surface area contributed by atoms with E-state index in [-0.39, 0.29) is 0 Å². The summed E-state index contributed by atoms with van der Waals surface area (Å²) in [6, 6.07) is 0. The predicted molar refractivity (Wildman–Crippen MR) is 35.3 cm³/mol. The molecule has 1 aliphatic heterocycles. The standard InChI is InChI=1S/C7H10O2.W/c1-8-6-7-4-2-3-5-9-7;/h4H,2-3,5H2,1H3;. The molecule has 56 valence electrons. The van der Waals surface area contributed by atoms with Gasteiger partial charge in [-0.15, -0.1) is 0 Å². The molecule has 0 spiro atoms. The quantitative estimate of drug-likeness (QED) is 0.758. The van der Waals surface area contributed by atoms with Gasteiger partial charge in [-0.1, -0.05) is 0 Å². The number of rotatable bonds is 2. The number of hydrogen-bond acceptors (Lipinski definition) is 2. The Labute approximate surface area is 71.6 Å². The van der Waals surface area contributed by atoms with Gasteiger partial charge in [-0.2, -0.15) is 0 Å². The zero-order valence-corrected chi connectivity index (χ0v) is 8.86. The monoisotopic (exact) mass is 310 g/mol. The molecule has 1 heterocycles. The van der Waals surface area contributed by atoms with Gasteiger partial charge in [0.2, 0.25) is 0 Å². The van der Waals surface area contributed by atoms with Crippen molar-refractivity contribution in [1.29, 1.82) is 0 Å². The summed E-state index contributed by atoms with van der Waals surface area (Å²) >= 11 is 1.32. The van der Waals surface area contributed by atoms with Gasteiger partial charge in [-0.25, -0.2) is 0 Å². The van der Waals surface area contributed by atoms with Gasteiger partial charge in [0, 0.05) is 0 Å². The van der Waals surface area contributed by atoms with Crippen molar-refractivity contribution in [2.75, 3.05) is 13.7 Å². The average molecular weight is 310 g/mol. The molecule has 1 aliphatic rings. The minimum absolute atomic E-state index is 0.839. The molecule has 0 aromatic carbocycles. The molecule has 0 atom stereocenters. The fraction of sp³-hybridized carbons (Fsp3) is 0.571. The molecule has 0 fully saturated rings. The van der Waals surface area contributed by atoms with E-state index in [1.165, 1.54) is 19.4 Å². The molecule has 1 rings (SSSR count). The molecule has 2 nitrogen and oxygen atoms in total. The summed E-state index contributed by atoms with van der Waals surface area (Å²) in [5.74, 6) is 0.948. The molecule has 0 aromatic heterocycles. The van der Waals surface area contributed by atoms with E-state index in [9.17, 15) is 0 Å². The number of ether oxygens (including phenoxy) is 2. The summed E-state index contributed by atoms with van der Waals surface area (Å²) in [7, 11) is 1.68. The molecule has 0 aromatic rings. The van der Waals surface area contributed by atoms with Crippen LogP contribution in [0.25, 0.3) is 0 Å². The SMILES string of the molecule is CO[C](=[W])C1=CCCCO1. The second kappa shape index (κ2) is 4.05. The van der Waals surface area contributed by atoms with Crippen molar-refractivity contribution < 1.29 is 28.8 Å². The molecule has 0 radical (unpaired) electrons. The fourth-order valence-corrected chi connectivity index (χ4v) is 1.31. The second-order valence-corrected chi connectivity index (χ2v) is 3.38. The van der Waals surface area contributed by atoms with E-state index in [1.54, 1.807) is 7.11 Å². The normalized spacial score (nSPS) is 17.5. The van der Waals surface area contributed by atoms with Crippen LogP contribution in [0.15, 0.2) is 11.8 Å². The summed E-state index contributed by atoms with van der Waals surface area (Å²) in [6.07, 6.45) is 4.35. The van der Waals surface area contributed by atoms with E-state index in [0.717, 1.165) is 29.3 Å². The summed E-state index contributed by atoms with van der Waals surface area (Å²) in [4.78, 5) is 0. The number of methoxy groups -OCH3 is 1. The van der Waals surface area contributed by atoms with Crippen LogP contribution in [0, 0.1) is 0 Å². The second-order valence-electron chi connectivity index (χ2n) is 2.05. The van der Waals surface area contributed by atoms with Crippen LogP contribution in [0.3, 0.4) is 0 Å². The molecule has 0 N–H and O–H groups in total. The Morgan fingerprint density at radius 2 is 2.60 bits per heavy atom. The third-order valence-corrected chi connectivity index (χ3v) is 2.64. The molecule has 0 aliphatic carbocycles. The zero-order chi connectivity index (χ0) is 7.40. The predicted octanol–water partition coefficient (Wildman–Crippen LogP) is 1.00. The van der Waals surface area contributed by atoms with E-state index in [1.807, 2.05) is 0 Å². The first kappa shape index (κ1) is 8.16. The Hall–Kier alpha value is 0.0583. The summed E-state index contributed by atoms with van der Waals surface area (Å²) < 4.78 is 11.4. The average Bonchev–Trinajstić information content (AvgIpc) is 2.05. The topological polar surface area (TPSA) is 18.5 Å². The molecule has 0 amide bonds. The molecule has 10 heavy (non-hydrogen) atoms. The van der Waals surface area contributed by atoms with Crippen LogP contribution >= 0.6 is 0 Å². The molecular weight excluding hydrogens is 300 g/mol. The maximum absolute atomic E-state index is 5.35. The van der Waals surface area contributed by atoms with E-state index < -0.39 is 0 Å². The van der Waals surface area contributed by atoms with Gasteiger partial charge in [-0.05, 0) is 0 Å². The Balaban J connectivity index is 2.53. The van der Waals surface area contributed by atoms with Crippen LogP contribution in [0.4, 0.5) is 0 Å². The summed E-state index contributed by atoms with van der Waals surface area (Å²) in [5, 5.41) is 0. The third-order valence-electron chi connectivity index (χ3n) is 1.32. The summed E-state index contributed by atoms with van der Waals surface area (Å²) in [6.45, 7) is 0.839. The molecule has 3 heteroatoms. The van der Waals surface area contributed by atoms with Crippen molar-refractivity contribution in [3.63, 3.8) is 0 Å². The third kappa shape index (κ3) is 2.03. The Kier molecular flexibility index (Phi) is 3.30. The van der Waals surface area contributed by atoms with Gasteiger partial charge in [0.15, 0.2) is 0 Å².